The summed E-state index contributed by atoms with van der Waals surface area (Å²) in [6, 6.07) is -0.828. The molecule has 0 aromatic carbocycles. The molecule has 0 saturated heterocycles. The zero-order valence-electron chi connectivity index (χ0n) is 11.2. The van der Waals surface area contributed by atoms with E-state index in [1.807, 2.05) is 0 Å². The molecule has 0 aliphatic heterocycles. The summed E-state index contributed by atoms with van der Waals surface area (Å²) >= 11 is 0. The third kappa shape index (κ3) is 4.76. The van der Waals surface area contributed by atoms with Crippen molar-refractivity contribution < 1.29 is 19.5 Å². The standard InChI is InChI=1S/C12H21N3O4/c1-12(2,6-9(13)16)15-11(19)14-8-5-3-4-7(8)10(17)18/h7-8H,3-6H2,1-2H3,(H2,13,16)(H,17,18)(H2,14,15,19). The predicted molar refractivity (Wildman–Crippen MR) is 68.3 cm³/mol. The molecule has 3 amide bonds. The van der Waals surface area contributed by atoms with Gasteiger partial charge in [0.1, 0.15) is 0 Å². The maximum absolute atomic E-state index is 11.8. The van der Waals surface area contributed by atoms with Gasteiger partial charge >= 0.3 is 12.0 Å². The van der Waals surface area contributed by atoms with Crippen LogP contribution in [0.5, 0.6) is 0 Å². The number of amides is 3. The first-order chi connectivity index (χ1) is 8.71. The number of carboxylic acid groups (broad SMARTS) is 1. The van der Waals surface area contributed by atoms with E-state index in [0.717, 1.165) is 6.42 Å². The van der Waals surface area contributed by atoms with Gasteiger partial charge in [-0.3, -0.25) is 9.59 Å². The molecule has 0 heterocycles. The van der Waals surface area contributed by atoms with Crippen LogP contribution in [0.1, 0.15) is 39.5 Å². The maximum Gasteiger partial charge on any atom is 0.315 e. The number of carboxylic acids is 1. The number of hydrogen-bond donors (Lipinski definition) is 4. The highest BCUT2D eigenvalue weighted by atomic mass is 16.4. The Morgan fingerprint density at radius 2 is 1.95 bits per heavy atom. The van der Waals surface area contributed by atoms with Crippen molar-refractivity contribution in [3.8, 4) is 0 Å². The molecular weight excluding hydrogens is 250 g/mol. The van der Waals surface area contributed by atoms with Crippen LogP contribution >= 0.6 is 0 Å². The molecule has 7 heteroatoms. The minimum atomic E-state index is -0.890. The summed E-state index contributed by atoms with van der Waals surface area (Å²) in [6.07, 6.45) is 2.03. The molecule has 0 aromatic rings. The minimum Gasteiger partial charge on any atom is -0.481 e. The number of carbonyl (C=O) groups excluding carboxylic acids is 2. The van der Waals surface area contributed by atoms with Crippen molar-refractivity contribution in [3.05, 3.63) is 0 Å². The average Bonchev–Trinajstić information content (AvgIpc) is 2.61. The molecule has 7 nitrogen and oxygen atoms in total. The molecule has 0 radical (unpaired) electrons. The van der Waals surface area contributed by atoms with E-state index in [9.17, 15) is 14.4 Å². The molecule has 0 aromatic heterocycles. The van der Waals surface area contributed by atoms with Crippen molar-refractivity contribution >= 4 is 17.9 Å². The van der Waals surface area contributed by atoms with Gasteiger partial charge in [0, 0.05) is 18.0 Å². The van der Waals surface area contributed by atoms with Gasteiger partial charge in [0.05, 0.1) is 5.92 Å². The SMILES string of the molecule is CC(C)(CC(N)=O)NC(=O)NC1CCCC1C(=O)O. The van der Waals surface area contributed by atoms with Crippen molar-refractivity contribution in [2.75, 3.05) is 0 Å². The second kappa shape index (κ2) is 5.90. The molecule has 0 spiro atoms. The summed E-state index contributed by atoms with van der Waals surface area (Å²) in [5, 5.41) is 14.3. The van der Waals surface area contributed by atoms with Gasteiger partial charge in [-0.25, -0.2) is 4.79 Å². The van der Waals surface area contributed by atoms with E-state index in [2.05, 4.69) is 10.6 Å². The van der Waals surface area contributed by atoms with Gasteiger partial charge in [-0.05, 0) is 26.7 Å². The second-order valence-corrected chi connectivity index (χ2v) is 5.61. The highest BCUT2D eigenvalue weighted by Gasteiger charge is 2.34. The van der Waals surface area contributed by atoms with E-state index in [0.29, 0.717) is 12.8 Å². The van der Waals surface area contributed by atoms with Crippen molar-refractivity contribution in [2.45, 2.75) is 51.1 Å². The molecule has 1 aliphatic carbocycles. The number of hydrogen-bond acceptors (Lipinski definition) is 3. The molecule has 2 atom stereocenters. The first-order valence-electron chi connectivity index (χ1n) is 6.31. The van der Waals surface area contributed by atoms with Gasteiger partial charge in [0.25, 0.3) is 0 Å². The fourth-order valence-corrected chi connectivity index (χ4v) is 2.42. The van der Waals surface area contributed by atoms with Crippen molar-refractivity contribution in [3.63, 3.8) is 0 Å². The van der Waals surface area contributed by atoms with E-state index >= 15 is 0 Å². The maximum atomic E-state index is 11.8. The summed E-state index contributed by atoms with van der Waals surface area (Å²) in [6.45, 7) is 3.36. The Morgan fingerprint density at radius 1 is 1.32 bits per heavy atom. The zero-order chi connectivity index (χ0) is 14.6. The monoisotopic (exact) mass is 271 g/mol. The number of urea groups is 1. The van der Waals surface area contributed by atoms with Crippen molar-refractivity contribution in [1.82, 2.24) is 10.6 Å². The van der Waals surface area contributed by atoms with E-state index in [1.54, 1.807) is 13.8 Å². The number of primary amides is 1. The highest BCUT2D eigenvalue weighted by Crippen LogP contribution is 2.25. The number of nitrogens with two attached hydrogens (primary N) is 1. The van der Waals surface area contributed by atoms with E-state index in [1.165, 1.54) is 0 Å². The molecular formula is C12H21N3O4. The van der Waals surface area contributed by atoms with Crippen LogP contribution in [-0.4, -0.2) is 34.6 Å². The molecule has 1 fully saturated rings. The van der Waals surface area contributed by atoms with Crippen LogP contribution in [0.4, 0.5) is 4.79 Å². The third-order valence-corrected chi connectivity index (χ3v) is 3.22. The van der Waals surface area contributed by atoms with Crippen molar-refractivity contribution in [2.24, 2.45) is 11.7 Å². The summed E-state index contributed by atoms with van der Waals surface area (Å²) in [5.74, 6) is -1.93. The van der Waals surface area contributed by atoms with Crippen LogP contribution in [0.3, 0.4) is 0 Å². The van der Waals surface area contributed by atoms with Crippen LogP contribution in [0.15, 0.2) is 0 Å². The van der Waals surface area contributed by atoms with E-state index in [-0.39, 0.29) is 12.5 Å². The van der Waals surface area contributed by atoms with Gasteiger partial charge in [-0.15, -0.1) is 0 Å². The molecule has 5 N–H and O–H groups in total. The number of rotatable bonds is 5. The highest BCUT2D eigenvalue weighted by molar-refractivity contribution is 5.79. The number of nitrogens with one attached hydrogen (secondary N) is 2. The molecule has 1 rings (SSSR count). The Kier molecular flexibility index (Phi) is 4.74. The lowest BCUT2D eigenvalue weighted by Crippen LogP contribution is -2.53. The fourth-order valence-electron chi connectivity index (χ4n) is 2.42. The topological polar surface area (TPSA) is 122 Å². The fraction of sp³-hybridized carbons (Fsp3) is 0.750. The molecule has 1 aliphatic rings. The Balaban J connectivity index is 2.51. The van der Waals surface area contributed by atoms with Crippen LogP contribution in [0, 0.1) is 5.92 Å². The van der Waals surface area contributed by atoms with Gasteiger partial charge in [0.15, 0.2) is 0 Å². The van der Waals surface area contributed by atoms with Crippen molar-refractivity contribution in [1.29, 1.82) is 0 Å². The molecule has 108 valence electrons. The van der Waals surface area contributed by atoms with E-state index in [4.69, 9.17) is 10.8 Å². The molecule has 2 unspecified atom stereocenters. The van der Waals surface area contributed by atoms with Gasteiger partial charge in [-0.2, -0.15) is 0 Å². The number of aliphatic carboxylic acids is 1. The minimum absolute atomic E-state index is 0.0213. The van der Waals surface area contributed by atoms with Crippen LogP contribution in [0.25, 0.3) is 0 Å². The Bertz CT molecular complexity index is 381. The quantitative estimate of drug-likeness (QED) is 0.570. The largest absolute Gasteiger partial charge is 0.481 e. The molecule has 0 bridgehead atoms. The lowest BCUT2D eigenvalue weighted by atomic mass is 10.0. The summed E-state index contributed by atoms with van der Waals surface area (Å²) in [4.78, 5) is 33.6. The Morgan fingerprint density at radius 3 is 2.47 bits per heavy atom. The summed E-state index contributed by atoms with van der Waals surface area (Å²) in [7, 11) is 0. The predicted octanol–water partition coefficient (Wildman–Crippen LogP) is 0.193. The smallest absolute Gasteiger partial charge is 0.315 e. The van der Waals surface area contributed by atoms with Gasteiger partial charge in [-0.1, -0.05) is 6.42 Å². The summed E-state index contributed by atoms with van der Waals surface area (Å²) < 4.78 is 0. The molecule has 19 heavy (non-hydrogen) atoms. The van der Waals surface area contributed by atoms with Gasteiger partial charge in [0.2, 0.25) is 5.91 Å². The zero-order valence-corrected chi connectivity index (χ0v) is 11.2. The number of carbonyl (C=O) groups is 3. The first-order valence-corrected chi connectivity index (χ1v) is 6.31. The van der Waals surface area contributed by atoms with Crippen LogP contribution in [0.2, 0.25) is 0 Å². The Labute approximate surface area is 111 Å². The van der Waals surface area contributed by atoms with Crippen LogP contribution < -0.4 is 16.4 Å². The van der Waals surface area contributed by atoms with Gasteiger partial charge < -0.3 is 21.5 Å². The normalized spacial score (nSPS) is 22.8. The Hall–Kier alpha value is -1.79. The summed E-state index contributed by atoms with van der Waals surface area (Å²) in [5.41, 5.74) is 4.33. The third-order valence-electron chi connectivity index (χ3n) is 3.22. The lowest BCUT2D eigenvalue weighted by molar-refractivity contribution is -0.142. The average molecular weight is 271 g/mol. The lowest BCUT2D eigenvalue weighted by Gasteiger charge is -2.27. The first kappa shape index (κ1) is 15.3. The molecule has 1 saturated carbocycles. The van der Waals surface area contributed by atoms with E-state index < -0.39 is 29.4 Å². The second-order valence-electron chi connectivity index (χ2n) is 5.61. The van der Waals surface area contributed by atoms with Crippen LogP contribution in [-0.2, 0) is 9.59 Å².